The molecule has 0 heterocycles. The van der Waals surface area contributed by atoms with Crippen LogP contribution in [-0.4, -0.2) is 23.1 Å². The SMILES string of the molecule is CCCCCCC(CCC)OC(=O)CCCCC(=O)O. The third kappa shape index (κ3) is 12.0. The van der Waals surface area contributed by atoms with Gasteiger partial charge in [0.05, 0.1) is 0 Å². The van der Waals surface area contributed by atoms with Crippen LogP contribution in [0.2, 0.25) is 0 Å². The third-order valence-electron chi connectivity index (χ3n) is 3.31. The second-order valence-corrected chi connectivity index (χ2v) is 5.35. The number of esters is 1. The van der Waals surface area contributed by atoms with Crippen LogP contribution in [0.15, 0.2) is 0 Å². The van der Waals surface area contributed by atoms with Gasteiger partial charge in [-0.1, -0.05) is 39.5 Å². The van der Waals surface area contributed by atoms with Gasteiger partial charge in [0.1, 0.15) is 6.10 Å². The summed E-state index contributed by atoms with van der Waals surface area (Å²) in [5, 5.41) is 8.52. The number of carboxylic acids is 1. The van der Waals surface area contributed by atoms with Crippen molar-refractivity contribution in [3.8, 4) is 0 Å². The molecule has 0 saturated heterocycles. The molecular formula is C16H30O4. The highest BCUT2D eigenvalue weighted by atomic mass is 16.5. The molecule has 1 unspecified atom stereocenters. The van der Waals surface area contributed by atoms with E-state index in [-0.39, 0.29) is 18.5 Å². The third-order valence-corrected chi connectivity index (χ3v) is 3.31. The number of hydrogen-bond donors (Lipinski definition) is 1. The zero-order valence-electron chi connectivity index (χ0n) is 13.0. The number of unbranched alkanes of at least 4 members (excludes halogenated alkanes) is 4. The molecule has 0 rings (SSSR count). The van der Waals surface area contributed by atoms with E-state index in [9.17, 15) is 9.59 Å². The lowest BCUT2D eigenvalue weighted by atomic mass is 10.1. The van der Waals surface area contributed by atoms with Crippen LogP contribution >= 0.6 is 0 Å². The molecule has 1 atom stereocenters. The summed E-state index contributed by atoms with van der Waals surface area (Å²) in [6, 6.07) is 0. The zero-order valence-corrected chi connectivity index (χ0v) is 13.0. The van der Waals surface area contributed by atoms with Crippen molar-refractivity contribution in [3.63, 3.8) is 0 Å². The fourth-order valence-electron chi connectivity index (χ4n) is 2.17. The minimum Gasteiger partial charge on any atom is -0.481 e. The second-order valence-electron chi connectivity index (χ2n) is 5.35. The molecule has 0 bridgehead atoms. The van der Waals surface area contributed by atoms with E-state index in [1.807, 2.05) is 0 Å². The molecule has 0 amide bonds. The van der Waals surface area contributed by atoms with Crippen LogP contribution in [0.1, 0.15) is 84.5 Å². The van der Waals surface area contributed by atoms with E-state index >= 15 is 0 Å². The summed E-state index contributed by atoms with van der Waals surface area (Å²) < 4.78 is 5.49. The molecule has 0 aromatic heterocycles. The fraction of sp³-hybridized carbons (Fsp3) is 0.875. The van der Waals surface area contributed by atoms with Crippen molar-refractivity contribution < 1.29 is 19.4 Å². The zero-order chi connectivity index (χ0) is 15.2. The first-order chi connectivity index (χ1) is 9.60. The highest BCUT2D eigenvalue weighted by Gasteiger charge is 2.13. The van der Waals surface area contributed by atoms with E-state index in [1.165, 1.54) is 19.3 Å². The summed E-state index contributed by atoms with van der Waals surface area (Å²) in [7, 11) is 0. The Labute approximate surface area is 122 Å². The van der Waals surface area contributed by atoms with Crippen molar-refractivity contribution in [3.05, 3.63) is 0 Å². The number of carbonyl (C=O) groups excluding carboxylic acids is 1. The van der Waals surface area contributed by atoms with Gasteiger partial charge in [0.25, 0.3) is 0 Å². The Kier molecular flexibility index (Phi) is 12.3. The van der Waals surface area contributed by atoms with Gasteiger partial charge in [-0.25, -0.2) is 0 Å². The lowest BCUT2D eigenvalue weighted by Crippen LogP contribution is -2.18. The maximum absolute atomic E-state index is 11.7. The first-order valence-corrected chi connectivity index (χ1v) is 8.01. The quantitative estimate of drug-likeness (QED) is 0.404. The number of hydrogen-bond acceptors (Lipinski definition) is 3. The van der Waals surface area contributed by atoms with E-state index in [0.29, 0.717) is 19.3 Å². The van der Waals surface area contributed by atoms with Gasteiger partial charge in [-0.15, -0.1) is 0 Å². The van der Waals surface area contributed by atoms with Crippen LogP contribution in [-0.2, 0) is 14.3 Å². The monoisotopic (exact) mass is 286 g/mol. The molecule has 0 spiro atoms. The van der Waals surface area contributed by atoms with Crippen LogP contribution in [0.25, 0.3) is 0 Å². The van der Waals surface area contributed by atoms with Gasteiger partial charge in [-0.2, -0.15) is 0 Å². The summed E-state index contributed by atoms with van der Waals surface area (Å²) in [4.78, 5) is 22.1. The maximum Gasteiger partial charge on any atom is 0.306 e. The molecule has 0 aromatic carbocycles. The van der Waals surface area contributed by atoms with Gasteiger partial charge < -0.3 is 9.84 Å². The summed E-state index contributed by atoms with van der Waals surface area (Å²) in [5.74, 6) is -0.984. The topological polar surface area (TPSA) is 63.6 Å². The molecule has 1 N–H and O–H groups in total. The highest BCUT2D eigenvalue weighted by Crippen LogP contribution is 2.14. The number of rotatable bonds is 13. The van der Waals surface area contributed by atoms with Crippen molar-refractivity contribution in [2.45, 2.75) is 90.6 Å². The Balaban J connectivity index is 3.79. The largest absolute Gasteiger partial charge is 0.481 e. The molecule has 0 aliphatic rings. The normalized spacial score (nSPS) is 12.1. The van der Waals surface area contributed by atoms with E-state index in [4.69, 9.17) is 9.84 Å². The van der Waals surface area contributed by atoms with Crippen molar-refractivity contribution in [1.82, 2.24) is 0 Å². The summed E-state index contributed by atoms with van der Waals surface area (Å²) >= 11 is 0. The minimum absolute atomic E-state index is 0.0452. The molecular weight excluding hydrogens is 256 g/mol. The first kappa shape index (κ1) is 18.9. The molecule has 0 aliphatic heterocycles. The first-order valence-electron chi connectivity index (χ1n) is 8.01. The Bertz CT molecular complexity index is 263. The van der Waals surface area contributed by atoms with E-state index in [1.54, 1.807) is 0 Å². The molecule has 0 aliphatic carbocycles. The minimum atomic E-state index is -0.807. The Morgan fingerprint density at radius 1 is 0.900 bits per heavy atom. The van der Waals surface area contributed by atoms with Gasteiger partial charge in [0, 0.05) is 12.8 Å². The smallest absolute Gasteiger partial charge is 0.306 e. The Hall–Kier alpha value is -1.06. The lowest BCUT2D eigenvalue weighted by Gasteiger charge is -2.17. The summed E-state index contributed by atoms with van der Waals surface area (Å²) in [6.07, 6.45) is 9.31. The summed E-state index contributed by atoms with van der Waals surface area (Å²) in [6.45, 7) is 4.28. The number of aliphatic carboxylic acids is 1. The van der Waals surface area contributed by atoms with E-state index in [0.717, 1.165) is 25.7 Å². The van der Waals surface area contributed by atoms with Crippen LogP contribution in [0.3, 0.4) is 0 Å². The van der Waals surface area contributed by atoms with E-state index in [2.05, 4.69) is 13.8 Å². The van der Waals surface area contributed by atoms with E-state index < -0.39 is 5.97 Å². The highest BCUT2D eigenvalue weighted by molar-refractivity contribution is 5.70. The van der Waals surface area contributed by atoms with Gasteiger partial charge in [-0.05, 0) is 32.1 Å². The van der Waals surface area contributed by atoms with Gasteiger partial charge in [0.2, 0.25) is 0 Å². The summed E-state index contributed by atoms with van der Waals surface area (Å²) in [5.41, 5.74) is 0. The van der Waals surface area contributed by atoms with Crippen LogP contribution in [0.4, 0.5) is 0 Å². The van der Waals surface area contributed by atoms with Crippen LogP contribution < -0.4 is 0 Å². The van der Waals surface area contributed by atoms with Crippen LogP contribution in [0.5, 0.6) is 0 Å². The molecule has 0 radical (unpaired) electrons. The molecule has 118 valence electrons. The van der Waals surface area contributed by atoms with Gasteiger partial charge >= 0.3 is 11.9 Å². The van der Waals surface area contributed by atoms with Crippen molar-refractivity contribution in [1.29, 1.82) is 0 Å². The maximum atomic E-state index is 11.7. The van der Waals surface area contributed by atoms with Gasteiger partial charge in [-0.3, -0.25) is 9.59 Å². The average Bonchev–Trinajstić information content (AvgIpc) is 2.39. The molecule has 0 aromatic rings. The molecule has 0 fully saturated rings. The number of carbonyl (C=O) groups is 2. The number of ether oxygens (including phenoxy) is 1. The Morgan fingerprint density at radius 2 is 1.60 bits per heavy atom. The average molecular weight is 286 g/mol. The Morgan fingerprint density at radius 3 is 2.20 bits per heavy atom. The standard InChI is InChI=1S/C16H30O4/c1-3-5-6-7-11-14(10-4-2)20-16(19)13-9-8-12-15(17)18/h14H,3-13H2,1-2H3,(H,17,18). The predicted octanol–water partition coefficient (Wildman–Crippen LogP) is 4.31. The predicted molar refractivity (Wildman–Crippen MR) is 79.7 cm³/mol. The van der Waals surface area contributed by atoms with Crippen LogP contribution in [0, 0.1) is 0 Å². The molecule has 20 heavy (non-hydrogen) atoms. The van der Waals surface area contributed by atoms with Gasteiger partial charge in [0.15, 0.2) is 0 Å². The molecule has 4 heteroatoms. The lowest BCUT2D eigenvalue weighted by molar-refractivity contribution is -0.150. The second kappa shape index (κ2) is 12.9. The fourth-order valence-corrected chi connectivity index (χ4v) is 2.17. The van der Waals surface area contributed by atoms with Crippen molar-refractivity contribution >= 4 is 11.9 Å². The van der Waals surface area contributed by atoms with Crippen molar-refractivity contribution in [2.75, 3.05) is 0 Å². The number of carboxylic acid groups (broad SMARTS) is 1. The van der Waals surface area contributed by atoms with Crippen molar-refractivity contribution in [2.24, 2.45) is 0 Å². The molecule has 4 nitrogen and oxygen atoms in total. The molecule has 0 saturated carbocycles.